The summed E-state index contributed by atoms with van der Waals surface area (Å²) in [5, 5.41) is 9.03. The van der Waals surface area contributed by atoms with Crippen LogP contribution in [-0.4, -0.2) is 52.8 Å². The summed E-state index contributed by atoms with van der Waals surface area (Å²) in [6.45, 7) is 0. The van der Waals surface area contributed by atoms with Crippen LogP contribution in [0.15, 0.2) is 0 Å². The van der Waals surface area contributed by atoms with Crippen LogP contribution in [0.1, 0.15) is 28.3 Å². The number of aliphatic carboxylic acids is 1. The maximum atomic E-state index is 15.4. The summed E-state index contributed by atoms with van der Waals surface area (Å²) in [5.74, 6) is -93.4. The largest absolute Gasteiger partial charge is 0.480 e. The summed E-state index contributed by atoms with van der Waals surface area (Å²) in [6.07, 6.45) is -8.14. The molecule has 2 aromatic carbocycles. The molecule has 0 aromatic heterocycles. The number of hydrogen-bond donors (Lipinski definition) is 2. The molecule has 3 nitrogen and oxygen atoms in total. The summed E-state index contributed by atoms with van der Waals surface area (Å²) in [5.41, 5.74) is -15.6. The number of hydrogen-bond acceptors (Lipinski definition) is 2. The minimum atomic E-state index is -9.34. The van der Waals surface area contributed by atoms with Gasteiger partial charge in [-0.3, -0.25) is 4.79 Å². The molecule has 28 heteroatoms. The van der Waals surface area contributed by atoms with Gasteiger partial charge in [-0.25, -0.2) is 26.3 Å². The van der Waals surface area contributed by atoms with Crippen molar-refractivity contribution >= 4 is 5.97 Å². The van der Waals surface area contributed by atoms with Gasteiger partial charge in [-0.05, 0) is 0 Å². The van der Waals surface area contributed by atoms with Crippen LogP contribution in [0, 0.1) is 34.9 Å². The number of carboxylic acid groups (broad SMARTS) is 1. The van der Waals surface area contributed by atoms with E-state index < -0.39 is 134 Å². The molecule has 0 bridgehead atoms. The van der Waals surface area contributed by atoms with Crippen molar-refractivity contribution in [2.45, 2.75) is 59.6 Å². The summed E-state index contributed by atoms with van der Waals surface area (Å²) in [4.78, 5) is 11.4. The predicted octanol–water partition coefficient (Wildman–Crippen LogP) is 9.19. The van der Waals surface area contributed by atoms with Crippen molar-refractivity contribution in [3.05, 3.63) is 57.2 Å². The molecule has 0 spiro atoms. The van der Waals surface area contributed by atoms with Gasteiger partial charge in [0.1, 0.15) is 6.04 Å². The van der Waals surface area contributed by atoms with Crippen molar-refractivity contribution in [1.82, 2.24) is 0 Å². The first-order chi connectivity index (χ1) is 22.3. The van der Waals surface area contributed by atoms with E-state index in [4.69, 9.17) is 10.8 Å². The Morgan fingerprint density at radius 2 is 0.843 bits per heavy atom. The maximum Gasteiger partial charge on any atom is 0.460 e. The number of benzene rings is 2. The highest BCUT2D eigenvalue weighted by atomic mass is 19.4. The Labute approximate surface area is 260 Å². The summed E-state index contributed by atoms with van der Waals surface area (Å²) < 4.78 is 352. The van der Waals surface area contributed by atoms with E-state index in [1.54, 1.807) is 0 Å². The van der Waals surface area contributed by atoms with Gasteiger partial charge < -0.3 is 10.8 Å². The molecule has 2 aromatic rings. The maximum absolute atomic E-state index is 15.4. The van der Waals surface area contributed by atoms with Crippen LogP contribution in [0.2, 0.25) is 0 Å². The van der Waals surface area contributed by atoms with Crippen LogP contribution in [0.5, 0.6) is 0 Å². The van der Waals surface area contributed by atoms with Crippen LogP contribution in [0.25, 0.3) is 11.1 Å². The van der Waals surface area contributed by atoms with Gasteiger partial charge in [0.15, 0.2) is 34.9 Å². The van der Waals surface area contributed by atoms with Crippen LogP contribution in [0.4, 0.5) is 110 Å². The van der Waals surface area contributed by atoms with Crippen molar-refractivity contribution in [3.8, 4) is 11.1 Å². The molecule has 1 unspecified atom stereocenters. The van der Waals surface area contributed by atoms with Gasteiger partial charge in [-0.2, -0.15) is 83.4 Å². The molecule has 1 aliphatic carbocycles. The average Bonchev–Trinajstić information content (AvgIpc) is 3.21. The summed E-state index contributed by atoms with van der Waals surface area (Å²) in [7, 11) is 0. The molecule has 0 radical (unpaired) electrons. The third-order valence-electron chi connectivity index (χ3n) is 7.18. The highest BCUT2D eigenvalue weighted by Crippen LogP contribution is 2.67. The van der Waals surface area contributed by atoms with Gasteiger partial charge in [-0.15, -0.1) is 0 Å². The second-order valence-corrected chi connectivity index (χ2v) is 10.1. The number of carboxylic acids is 1. The van der Waals surface area contributed by atoms with Crippen LogP contribution < -0.4 is 5.73 Å². The number of carbonyl (C=O) groups is 1. The number of fused-ring (bicyclic) bond motifs is 3. The van der Waals surface area contributed by atoms with Gasteiger partial charge in [0.25, 0.3) is 0 Å². The van der Waals surface area contributed by atoms with Gasteiger partial charge in [-0.1, -0.05) is 0 Å². The fraction of sp³-hybridized carbons (Fsp3) is 0.435. The van der Waals surface area contributed by atoms with E-state index in [1.807, 2.05) is 0 Å². The van der Waals surface area contributed by atoms with Gasteiger partial charge in [0.05, 0.1) is 11.1 Å². The first-order valence-electron chi connectivity index (χ1n) is 11.8. The molecular weight excluding hydrogens is 797 g/mol. The molecule has 1 atom stereocenters. The zero-order chi connectivity index (χ0) is 40.6. The monoisotopic (exact) mass is 801 g/mol. The van der Waals surface area contributed by atoms with Crippen molar-refractivity contribution in [1.29, 1.82) is 0 Å². The van der Waals surface area contributed by atoms with Gasteiger partial charge in [0.2, 0.25) is 0 Å². The highest BCUT2D eigenvalue weighted by molar-refractivity contribution is 5.86. The first-order valence-corrected chi connectivity index (χ1v) is 11.8. The Bertz CT molecular complexity index is 1810. The van der Waals surface area contributed by atoms with Crippen LogP contribution in [-0.2, 0) is 16.6 Å². The van der Waals surface area contributed by atoms with Crippen LogP contribution in [0.3, 0.4) is 0 Å². The molecular formula is C23H4F25NO2. The zero-order valence-corrected chi connectivity index (χ0v) is 22.5. The minimum Gasteiger partial charge on any atom is -0.480 e. The molecule has 3 rings (SSSR count). The molecule has 0 saturated heterocycles. The summed E-state index contributed by atoms with van der Waals surface area (Å²) >= 11 is 0. The van der Waals surface area contributed by atoms with E-state index in [2.05, 4.69) is 0 Å². The molecule has 0 heterocycles. The van der Waals surface area contributed by atoms with Gasteiger partial charge >= 0.3 is 59.5 Å². The Balaban J connectivity index is 2.54. The van der Waals surface area contributed by atoms with E-state index in [0.29, 0.717) is 0 Å². The van der Waals surface area contributed by atoms with E-state index in [1.165, 1.54) is 0 Å². The lowest BCUT2D eigenvalue weighted by molar-refractivity contribution is -0.462. The molecule has 288 valence electrons. The third kappa shape index (κ3) is 4.77. The fourth-order valence-electron chi connectivity index (χ4n) is 4.62. The van der Waals surface area contributed by atoms with Crippen molar-refractivity contribution in [2.75, 3.05) is 0 Å². The van der Waals surface area contributed by atoms with Gasteiger partial charge in [0, 0.05) is 22.3 Å². The topological polar surface area (TPSA) is 63.3 Å². The molecule has 3 N–H and O–H groups in total. The molecule has 0 amide bonds. The molecule has 1 aliphatic rings. The molecule has 0 aliphatic heterocycles. The zero-order valence-electron chi connectivity index (χ0n) is 22.5. The van der Waals surface area contributed by atoms with Crippen molar-refractivity contribution in [2.24, 2.45) is 5.73 Å². The SMILES string of the molecule is NC(C(=O)O)c1c2c(c(F)c(F)c1C(F)(F)C(F)(F)C(F)(F)C(F)(F)C(F)(F)C(F)(F)C(F)(F)C(F)(F)F)-c1c(F)c(F)c(F)c(F)c1C2(F)F. The molecule has 0 saturated carbocycles. The molecule has 51 heavy (non-hydrogen) atoms. The van der Waals surface area contributed by atoms with E-state index in [0.717, 1.165) is 0 Å². The number of nitrogens with two attached hydrogens (primary N) is 1. The Hall–Kier alpha value is -3.88. The third-order valence-corrected chi connectivity index (χ3v) is 7.18. The first kappa shape index (κ1) is 41.5. The predicted molar refractivity (Wildman–Crippen MR) is 109 cm³/mol. The smallest absolute Gasteiger partial charge is 0.460 e. The lowest BCUT2D eigenvalue weighted by Gasteiger charge is -2.43. The van der Waals surface area contributed by atoms with E-state index in [-0.39, 0.29) is 0 Å². The number of rotatable bonds is 9. The average molecular weight is 801 g/mol. The fourth-order valence-corrected chi connectivity index (χ4v) is 4.62. The second-order valence-electron chi connectivity index (χ2n) is 10.1. The molecule has 0 fully saturated rings. The Morgan fingerprint density at radius 3 is 1.24 bits per heavy atom. The quantitative estimate of drug-likeness (QED) is 0.151. The minimum absolute atomic E-state index is 2.78. The second kappa shape index (κ2) is 11.1. The standard InChI is InChI=1S/C23H4F25NO2/c24-7-1-2-5(9(26)12(29)11(28)8(2)25)15(30,31)4(1)3(13(49)14(50)51)6(10(7)27)16(32,33)17(34,35)18(36,37)19(38,39)20(40,41)21(42,43)22(44,45)23(46,47)48/h13H,49H2,(H,50,51). The van der Waals surface area contributed by atoms with Crippen LogP contribution >= 0.6 is 0 Å². The number of halogens is 25. The van der Waals surface area contributed by atoms with Crippen molar-refractivity contribution in [3.63, 3.8) is 0 Å². The van der Waals surface area contributed by atoms with E-state index >= 15 is 26.3 Å². The normalized spacial score (nSPS) is 16.7. The summed E-state index contributed by atoms with van der Waals surface area (Å²) in [6, 6.07) is -4.21. The number of alkyl halides is 19. The lowest BCUT2D eigenvalue weighted by atomic mass is 9.81. The lowest BCUT2D eigenvalue weighted by Crippen LogP contribution is -2.74. The van der Waals surface area contributed by atoms with E-state index in [9.17, 15) is 88.2 Å². The highest BCUT2D eigenvalue weighted by Gasteiger charge is 2.95. The Morgan fingerprint density at radius 1 is 0.510 bits per heavy atom. The Kier molecular flexibility index (Phi) is 9.01. The van der Waals surface area contributed by atoms with Crippen molar-refractivity contribution < 1.29 is 120 Å².